The summed E-state index contributed by atoms with van der Waals surface area (Å²) >= 11 is 1.75. The third kappa shape index (κ3) is 5.29. The van der Waals surface area contributed by atoms with Crippen LogP contribution in [-0.4, -0.2) is 28.6 Å². The minimum absolute atomic E-state index is 0.140. The average Bonchev–Trinajstić information content (AvgIpc) is 3.17. The second-order valence-corrected chi connectivity index (χ2v) is 7.97. The van der Waals surface area contributed by atoms with Crippen molar-refractivity contribution < 1.29 is 9.13 Å². The molecule has 1 fully saturated rings. The molecule has 4 rings (SSSR count). The number of halogens is 1. The SMILES string of the molecule is CSC.Cc1cc(N)cc2ncnc(Nc3ccc(F)cc3OC3CCCC3)c12. The molecule has 5 nitrogen and oxygen atoms in total. The number of rotatable bonds is 4. The third-order valence-corrected chi connectivity index (χ3v) is 4.75. The van der Waals surface area contributed by atoms with E-state index in [2.05, 4.69) is 15.3 Å². The highest BCUT2D eigenvalue weighted by Crippen LogP contribution is 2.34. The molecule has 0 saturated heterocycles. The summed E-state index contributed by atoms with van der Waals surface area (Å²) in [7, 11) is 0. The van der Waals surface area contributed by atoms with E-state index in [-0.39, 0.29) is 11.9 Å². The van der Waals surface area contributed by atoms with Crippen molar-refractivity contribution in [3.63, 3.8) is 0 Å². The van der Waals surface area contributed by atoms with Crippen molar-refractivity contribution >= 4 is 39.9 Å². The average molecular weight is 415 g/mol. The maximum absolute atomic E-state index is 13.8. The van der Waals surface area contributed by atoms with Gasteiger partial charge in [-0.3, -0.25) is 0 Å². The van der Waals surface area contributed by atoms with Crippen LogP contribution >= 0.6 is 11.8 Å². The second-order valence-electron chi connectivity index (χ2n) is 7.15. The summed E-state index contributed by atoms with van der Waals surface area (Å²) < 4.78 is 19.8. The Kier molecular flexibility index (Phi) is 7.14. The van der Waals surface area contributed by atoms with Crippen LogP contribution < -0.4 is 15.8 Å². The number of benzene rings is 2. The number of nitrogens with one attached hydrogen (secondary N) is 1. The molecule has 0 amide bonds. The Bertz CT molecular complexity index is 976. The Balaban J connectivity index is 0.000000755. The Morgan fingerprint density at radius 2 is 1.86 bits per heavy atom. The maximum atomic E-state index is 13.8. The molecule has 154 valence electrons. The first kappa shape index (κ1) is 21.2. The molecular formula is C22H27FN4OS. The Labute approximate surface area is 175 Å². The van der Waals surface area contributed by atoms with Crippen LogP contribution in [0.5, 0.6) is 5.75 Å². The minimum atomic E-state index is -0.319. The number of ether oxygens (including phenoxy) is 1. The van der Waals surface area contributed by atoms with Gasteiger partial charge in [-0.15, -0.1) is 0 Å². The lowest BCUT2D eigenvalue weighted by Gasteiger charge is -2.18. The van der Waals surface area contributed by atoms with E-state index in [9.17, 15) is 4.39 Å². The van der Waals surface area contributed by atoms with Crippen LogP contribution in [0, 0.1) is 12.7 Å². The predicted molar refractivity (Wildman–Crippen MR) is 121 cm³/mol. The van der Waals surface area contributed by atoms with Crippen LogP contribution in [0.25, 0.3) is 10.9 Å². The topological polar surface area (TPSA) is 73.1 Å². The number of nitrogen functional groups attached to an aromatic ring is 1. The molecule has 0 unspecified atom stereocenters. The quantitative estimate of drug-likeness (QED) is 0.533. The van der Waals surface area contributed by atoms with Gasteiger partial charge in [0.15, 0.2) is 0 Å². The number of aromatic nitrogens is 2. The van der Waals surface area contributed by atoms with Gasteiger partial charge in [-0.1, -0.05) is 0 Å². The van der Waals surface area contributed by atoms with Gasteiger partial charge in [-0.2, -0.15) is 11.8 Å². The highest BCUT2D eigenvalue weighted by Gasteiger charge is 2.19. The molecule has 3 N–H and O–H groups in total. The van der Waals surface area contributed by atoms with Gasteiger partial charge in [0.1, 0.15) is 23.7 Å². The summed E-state index contributed by atoms with van der Waals surface area (Å²) in [4.78, 5) is 8.68. The molecule has 1 aliphatic rings. The highest BCUT2D eigenvalue weighted by atomic mass is 32.2. The lowest BCUT2D eigenvalue weighted by molar-refractivity contribution is 0.210. The number of nitrogens with zero attached hydrogens (tertiary/aromatic N) is 2. The normalized spacial score (nSPS) is 13.8. The van der Waals surface area contributed by atoms with Crippen LogP contribution in [0.15, 0.2) is 36.7 Å². The van der Waals surface area contributed by atoms with Crippen molar-refractivity contribution in [2.75, 3.05) is 23.6 Å². The molecular weight excluding hydrogens is 387 g/mol. The van der Waals surface area contributed by atoms with Crippen LogP contribution in [0.4, 0.5) is 21.6 Å². The summed E-state index contributed by atoms with van der Waals surface area (Å²) in [6, 6.07) is 8.22. The van der Waals surface area contributed by atoms with E-state index in [1.165, 1.54) is 18.5 Å². The molecule has 29 heavy (non-hydrogen) atoms. The standard InChI is InChI=1S/C20H21FN4O.C2H6S/c1-12-8-14(22)10-17-19(12)20(24-11-23-17)25-16-7-6-13(21)9-18(16)26-15-4-2-3-5-15;1-3-2/h6-11,15H,2-5,22H2,1H3,(H,23,24,25);1-2H3. The van der Waals surface area contributed by atoms with Gasteiger partial charge in [-0.05, 0) is 74.9 Å². The molecule has 1 heterocycles. The van der Waals surface area contributed by atoms with Gasteiger partial charge in [0.05, 0.1) is 17.3 Å². The first-order valence-corrected chi connectivity index (χ1v) is 11.3. The number of aryl methyl sites for hydroxylation is 1. The molecule has 1 saturated carbocycles. The Morgan fingerprint density at radius 1 is 1.14 bits per heavy atom. The number of hydrogen-bond acceptors (Lipinski definition) is 6. The lowest BCUT2D eigenvalue weighted by atomic mass is 10.1. The highest BCUT2D eigenvalue weighted by molar-refractivity contribution is 7.97. The first-order chi connectivity index (χ1) is 14.0. The molecule has 0 aliphatic heterocycles. The Hall–Kier alpha value is -2.54. The smallest absolute Gasteiger partial charge is 0.146 e. The molecule has 0 atom stereocenters. The molecule has 1 aliphatic carbocycles. The number of thioether (sulfide) groups is 1. The molecule has 2 aromatic carbocycles. The van der Waals surface area contributed by atoms with Crippen molar-refractivity contribution in [1.29, 1.82) is 0 Å². The zero-order chi connectivity index (χ0) is 20.8. The molecule has 0 spiro atoms. The summed E-state index contributed by atoms with van der Waals surface area (Å²) in [6.07, 6.45) is 10.0. The van der Waals surface area contributed by atoms with E-state index in [0.29, 0.717) is 22.9 Å². The molecule has 0 radical (unpaired) electrons. The van der Waals surface area contributed by atoms with E-state index < -0.39 is 0 Å². The summed E-state index contributed by atoms with van der Waals surface area (Å²) in [5.41, 5.74) is 9.00. The van der Waals surface area contributed by atoms with Gasteiger partial charge < -0.3 is 15.8 Å². The van der Waals surface area contributed by atoms with Gasteiger partial charge in [0.2, 0.25) is 0 Å². The van der Waals surface area contributed by atoms with Crippen molar-refractivity contribution in [3.05, 3.63) is 48.0 Å². The van der Waals surface area contributed by atoms with Crippen LogP contribution in [0.1, 0.15) is 31.2 Å². The third-order valence-electron chi connectivity index (χ3n) is 4.75. The maximum Gasteiger partial charge on any atom is 0.146 e. The second kappa shape index (κ2) is 9.78. The molecule has 0 bridgehead atoms. The van der Waals surface area contributed by atoms with Crippen molar-refractivity contribution in [2.24, 2.45) is 0 Å². The summed E-state index contributed by atoms with van der Waals surface area (Å²) in [5.74, 6) is 0.840. The fourth-order valence-electron chi connectivity index (χ4n) is 3.52. The van der Waals surface area contributed by atoms with Crippen molar-refractivity contribution in [1.82, 2.24) is 9.97 Å². The number of fused-ring (bicyclic) bond motifs is 1. The lowest BCUT2D eigenvalue weighted by Crippen LogP contribution is -2.12. The van der Waals surface area contributed by atoms with E-state index in [1.54, 1.807) is 17.8 Å². The van der Waals surface area contributed by atoms with E-state index >= 15 is 0 Å². The molecule has 1 aromatic heterocycles. The summed E-state index contributed by atoms with van der Waals surface area (Å²) in [5, 5.41) is 4.18. The van der Waals surface area contributed by atoms with E-state index in [1.807, 2.05) is 31.6 Å². The molecule has 7 heteroatoms. The summed E-state index contributed by atoms with van der Waals surface area (Å²) in [6.45, 7) is 1.97. The van der Waals surface area contributed by atoms with Crippen molar-refractivity contribution in [3.8, 4) is 5.75 Å². The predicted octanol–water partition coefficient (Wildman–Crippen LogP) is 5.70. The van der Waals surface area contributed by atoms with E-state index in [0.717, 1.165) is 42.1 Å². The van der Waals surface area contributed by atoms with Gasteiger partial charge in [0, 0.05) is 17.1 Å². The minimum Gasteiger partial charge on any atom is -0.488 e. The zero-order valence-corrected chi connectivity index (χ0v) is 17.9. The number of anilines is 3. The fraction of sp³-hybridized carbons (Fsp3) is 0.364. The monoisotopic (exact) mass is 414 g/mol. The zero-order valence-electron chi connectivity index (χ0n) is 17.0. The van der Waals surface area contributed by atoms with Gasteiger partial charge >= 0.3 is 0 Å². The van der Waals surface area contributed by atoms with Crippen LogP contribution in [-0.2, 0) is 0 Å². The first-order valence-electron chi connectivity index (χ1n) is 9.66. The van der Waals surface area contributed by atoms with Crippen LogP contribution in [0.2, 0.25) is 0 Å². The van der Waals surface area contributed by atoms with E-state index in [4.69, 9.17) is 10.5 Å². The molecule has 3 aromatic rings. The van der Waals surface area contributed by atoms with Gasteiger partial charge in [0.25, 0.3) is 0 Å². The van der Waals surface area contributed by atoms with Crippen LogP contribution in [0.3, 0.4) is 0 Å². The largest absolute Gasteiger partial charge is 0.488 e. The fourth-order valence-corrected chi connectivity index (χ4v) is 3.52. The number of hydrogen-bond donors (Lipinski definition) is 2. The Morgan fingerprint density at radius 3 is 2.59 bits per heavy atom. The van der Waals surface area contributed by atoms with Crippen molar-refractivity contribution in [2.45, 2.75) is 38.7 Å². The number of nitrogens with two attached hydrogens (primary N) is 1. The van der Waals surface area contributed by atoms with Gasteiger partial charge in [-0.25, -0.2) is 14.4 Å².